The van der Waals surface area contributed by atoms with Gasteiger partial charge in [0, 0.05) is 10.7 Å². The van der Waals surface area contributed by atoms with E-state index in [1.165, 1.54) is 0 Å². The minimum Gasteiger partial charge on any atom is -0.463 e. The van der Waals surface area contributed by atoms with Crippen molar-refractivity contribution < 1.29 is 19.1 Å². The standard InChI is InChI=1S/C19H23ClN2O4/c1-5-25-18(23)16-15(12-8-6-7-9-13(12)20)14(11(4)22-17(16)21)19(24)26-10(2)3/h6-10,15,22H,5,21H2,1-4H3. The molecule has 140 valence electrons. The number of dihydropyridines is 1. The molecular formula is C19H23ClN2O4. The van der Waals surface area contributed by atoms with Gasteiger partial charge in [0.1, 0.15) is 5.82 Å². The number of allylic oxidation sites excluding steroid dienone is 1. The Hall–Kier alpha value is -2.47. The summed E-state index contributed by atoms with van der Waals surface area (Å²) in [5.41, 5.74) is 7.59. The maximum Gasteiger partial charge on any atom is 0.338 e. The molecule has 1 aromatic rings. The molecule has 3 N–H and O–H groups in total. The molecule has 0 amide bonds. The van der Waals surface area contributed by atoms with Gasteiger partial charge < -0.3 is 20.5 Å². The molecule has 1 aliphatic heterocycles. The average molecular weight is 379 g/mol. The number of nitrogens with two attached hydrogens (primary N) is 1. The van der Waals surface area contributed by atoms with Crippen LogP contribution in [0.2, 0.25) is 5.02 Å². The Balaban J connectivity index is 2.66. The van der Waals surface area contributed by atoms with Gasteiger partial charge in [-0.2, -0.15) is 0 Å². The number of benzene rings is 1. The Morgan fingerprint density at radius 2 is 1.88 bits per heavy atom. The summed E-state index contributed by atoms with van der Waals surface area (Å²) in [5.74, 6) is -1.80. The first-order valence-electron chi connectivity index (χ1n) is 8.37. The van der Waals surface area contributed by atoms with E-state index in [2.05, 4.69) is 5.32 Å². The van der Waals surface area contributed by atoms with Gasteiger partial charge in [-0.25, -0.2) is 9.59 Å². The summed E-state index contributed by atoms with van der Waals surface area (Å²) in [6.07, 6.45) is -0.316. The summed E-state index contributed by atoms with van der Waals surface area (Å²) in [6, 6.07) is 7.00. The van der Waals surface area contributed by atoms with Gasteiger partial charge in [-0.05, 0) is 39.3 Å². The summed E-state index contributed by atoms with van der Waals surface area (Å²) in [5, 5.41) is 3.30. The number of nitrogens with one attached hydrogen (secondary N) is 1. The lowest BCUT2D eigenvalue weighted by Crippen LogP contribution is -2.36. The highest BCUT2D eigenvalue weighted by Gasteiger charge is 2.39. The molecule has 7 heteroatoms. The maximum absolute atomic E-state index is 12.8. The summed E-state index contributed by atoms with van der Waals surface area (Å²) < 4.78 is 10.5. The number of hydrogen-bond donors (Lipinski definition) is 2. The number of hydrogen-bond acceptors (Lipinski definition) is 6. The second-order valence-electron chi connectivity index (χ2n) is 6.12. The van der Waals surface area contributed by atoms with Crippen LogP contribution in [0.1, 0.15) is 39.2 Å². The minimum atomic E-state index is -0.782. The van der Waals surface area contributed by atoms with E-state index in [1.54, 1.807) is 52.0 Å². The smallest absolute Gasteiger partial charge is 0.338 e. The molecular weight excluding hydrogens is 356 g/mol. The third kappa shape index (κ3) is 4.02. The Bertz CT molecular complexity index is 783. The first-order chi connectivity index (χ1) is 12.3. The molecule has 1 atom stereocenters. The predicted octanol–water partition coefficient (Wildman–Crippen LogP) is 2.99. The fraction of sp³-hybridized carbons (Fsp3) is 0.368. The molecule has 0 spiro atoms. The van der Waals surface area contributed by atoms with E-state index in [4.69, 9.17) is 26.8 Å². The summed E-state index contributed by atoms with van der Waals surface area (Å²) in [4.78, 5) is 25.4. The van der Waals surface area contributed by atoms with Crippen molar-refractivity contribution in [3.05, 3.63) is 57.5 Å². The first kappa shape index (κ1) is 19.8. The van der Waals surface area contributed by atoms with Crippen molar-refractivity contribution in [2.75, 3.05) is 6.61 Å². The molecule has 6 nitrogen and oxygen atoms in total. The predicted molar refractivity (Wildman–Crippen MR) is 99.1 cm³/mol. The third-order valence-electron chi connectivity index (χ3n) is 3.87. The van der Waals surface area contributed by atoms with E-state index in [0.717, 1.165) is 0 Å². The molecule has 1 unspecified atom stereocenters. The van der Waals surface area contributed by atoms with Gasteiger partial charge in [0.2, 0.25) is 0 Å². The van der Waals surface area contributed by atoms with E-state index in [-0.39, 0.29) is 29.7 Å². The Morgan fingerprint density at radius 1 is 1.23 bits per heavy atom. The minimum absolute atomic E-state index is 0.131. The lowest BCUT2D eigenvalue weighted by atomic mass is 9.81. The quantitative estimate of drug-likeness (QED) is 0.765. The van der Waals surface area contributed by atoms with Crippen molar-refractivity contribution in [2.45, 2.75) is 39.7 Å². The monoisotopic (exact) mass is 378 g/mol. The molecule has 0 aliphatic carbocycles. The molecule has 0 fully saturated rings. The van der Waals surface area contributed by atoms with Crippen molar-refractivity contribution in [3.63, 3.8) is 0 Å². The zero-order valence-electron chi connectivity index (χ0n) is 15.3. The van der Waals surface area contributed by atoms with Crippen LogP contribution in [-0.2, 0) is 19.1 Å². The van der Waals surface area contributed by atoms with Crippen molar-refractivity contribution in [1.82, 2.24) is 5.32 Å². The molecule has 1 aromatic carbocycles. The van der Waals surface area contributed by atoms with E-state index in [9.17, 15) is 9.59 Å². The second-order valence-corrected chi connectivity index (χ2v) is 6.53. The highest BCUT2D eigenvalue weighted by Crippen LogP contribution is 2.41. The average Bonchev–Trinajstić information content (AvgIpc) is 2.53. The summed E-state index contributed by atoms with van der Waals surface area (Å²) in [7, 11) is 0. The maximum atomic E-state index is 12.8. The van der Waals surface area contributed by atoms with Crippen LogP contribution in [-0.4, -0.2) is 24.6 Å². The van der Waals surface area contributed by atoms with Crippen LogP contribution in [0.25, 0.3) is 0 Å². The molecule has 2 rings (SSSR count). The SMILES string of the molecule is CCOC(=O)C1=C(N)NC(C)=C(C(=O)OC(C)C)C1c1ccccc1Cl. The van der Waals surface area contributed by atoms with Crippen molar-refractivity contribution in [1.29, 1.82) is 0 Å². The first-order valence-corrected chi connectivity index (χ1v) is 8.75. The number of carbonyl (C=O) groups is 2. The molecule has 1 aliphatic rings. The molecule has 0 saturated heterocycles. The van der Waals surface area contributed by atoms with Crippen LogP contribution in [0, 0.1) is 0 Å². The summed E-state index contributed by atoms with van der Waals surface area (Å²) >= 11 is 6.37. The summed E-state index contributed by atoms with van der Waals surface area (Å²) in [6.45, 7) is 7.09. The zero-order valence-corrected chi connectivity index (χ0v) is 16.0. The zero-order chi connectivity index (χ0) is 19.4. The van der Waals surface area contributed by atoms with Crippen molar-refractivity contribution >= 4 is 23.5 Å². The fourth-order valence-electron chi connectivity index (χ4n) is 2.86. The number of rotatable bonds is 5. The van der Waals surface area contributed by atoms with Gasteiger partial charge in [-0.3, -0.25) is 0 Å². The lowest BCUT2D eigenvalue weighted by Gasteiger charge is -2.30. The highest BCUT2D eigenvalue weighted by molar-refractivity contribution is 6.31. The second kappa shape index (κ2) is 8.27. The largest absolute Gasteiger partial charge is 0.463 e. The Kier molecular flexibility index (Phi) is 6.32. The number of halogens is 1. The third-order valence-corrected chi connectivity index (χ3v) is 4.21. The fourth-order valence-corrected chi connectivity index (χ4v) is 3.10. The number of carbonyl (C=O) groups excluding carboxylic acids is 2. The van der Waals surface area contributed by atoms with Crippen molar-refractivity contribution in [2.24, 2.45) is 5.73 Å². The Morgan fingerprint density at radius 3 is 2.46 bits per heavy atom. The van der Waals surface area contributed by atoms with Crippen LogP contribution < -0.4 is 11.1 Å². The van der Waals surface area contributed by atoms with Crippen molar-refractivity contribution in [3.8, 4) is 0 Å². The van der Waals surface area contributed by atoms with Gasteiger partial charge >= 0.3 is 11.9 Å². The highest BCUT2D eigenvalue weighted by atomic mass is 35.5. The normalized spacial score (nSPS) is 17.2. The van der Waals surface area contributed by atoms with Gasteiger partial charge in [0.15, 0.2) is 0 Å². The van der Waals surface area contributed by atoms with Crippen LogP contribution in [0.5, 0.6) is 0 Å². The molecule has 0 bridgehead atoms. The number of esters is 2. The van der Waals surface area contributed by atoms with Gasteiger partial charge in [0.25, 0.3) is 0 Å². The Labute approximate surface area is 158 Å². The lowest BCUT2D eigenvalue weighted by molar-refractivity contribution is -0.143. The molecule has 0 saturated carbocycles. The van der Waals surface area contributed by atoms with Gasteiger partial charge in [-0.1, -0.05) is 29.8 Å². The van der Waals surface area contributed by atoms with Gasteiger partial charge in [0.05, 0.1) is 29.8 Å². The van der Waals surface area contributed by atoms with Gasteiger partial charge in [-0.15, -0.1) is 0 Å². The number of ether oxygens (including phenoxy) is 2. The van der Waals surface area contributed by atoms with Crippen LogP contribution in [0.3, 0.4) is 0 Å². The van der Waals surface area contributed by atoms with Crippen LogP contribution in [0.15, 0.2) is 46.9 Å². The van der Waals surface area contributed by atoms with E-state index < -0.39 is 17.9 Å². The molecule has 0 radical (unpaired) electrons. The van der Waals surface area contributed by atoms with E-state index >= 15 is 0 Å². The van der Waals surface area contributed by atoms with E-state index in [1.807, 2.05) is 0 Å². The molecule has 1 heterocycles. The topological polar surface area (TPSA) is 90.6 Å². The van der Waals surface area contributed by atoms with Crippen LogP contribution in [0.4, 0.5) is 0 Å². The molecule has 26 heavy (non-hydrogen) atoms. The van der Waals surface area contributed by atoms with Crippen LogP contribution >= 0.6 is 11.6 Å². The molecule has 0 aromatic heterocycles. The van der Waals surface area contributed by atoms with E-state index in [0.29, 0.717) is 16.3 Å².